The third kappa shape index (κ3) is 4.05. The number of nitrogens with zero attached hydrogens (tertiary/aromatic N) is 2. The summed E-state index contributed by atoms with van der Waals surface area (Å²) in [7, 11) is 0. The molecule has 0 saturated carbocycles. The zero-order valence-electron chi connectivity index (χ0n) is 17.8. The van der Waals surface area contributed by atoms with Gasteiger partial charge in [0.15, 0.2) is 0 Å². The number of piperazine rings is 1. The van der Waals surface area contributed by atoms with Crippen LogP contribution in [0.5, 0.6) is 0 Å². The minimum atomic E-state index is -0.362. The second kappa shape index (κ2) is 8.48. The Labute approximate surface area is 177 Å². The van der Waals surface area contributed by atoms with Crippen LogP contribution in [0.15, 0.2) is 42.6 Å². The van der Waals surface area contributed by atoms with Crippen molar-refractivity contribution in [1.82, 2.24) is 4.90 Å². The van der Waals surface area contributed by atoms with Gasteiger partial charge in [-0.2, -0.15) is 0 Å². The molecule has 158 valence electrons. The lowest BCUT2D eigenvalue weighted by Crippen LogP contribution is -2.49. The number of nitrogens with one attached hydrogen (secondary N) is 2. The average molecular weight is 409 g/mol. The van der Waals surface area contributed by atoms with Crippen molar-refractivity contribution in [1.29, 1.82) is 0 Å². The highest BCUT2D eigenvalue weighted by Crippen LogP contribution is 2.32. The Morgan fingerprint density at radius 1 is 1.17 bits per heavy atom. The fourth-order valence-electron chi connectivity index (χ4n) is 4.23. The molecule has 2 aromatic rings. The topological polar surface area (TPSA) is 47.6 Å². The molecule has 2 aliphatic rings. The van der Waals surface area contributed by atoms with Gasteiger partial charge in [-0.25, -0.2) is 4.39 Å². The van der Waals surface area contributed by atoms with Crippen molar-refractivity contribution in [2.45, 2.75) is 33.2 Å². The first-order valence-corrected chi connectivity index (χ1v) is 10.6. The van der Waals surface area contributed by atoms with Gasteiger partial charge in [0.2, 0.25) is 0 Å². The van der Waals surface area contributed by atoms with Gasteiger partial charge >= 0.3 is 0 Å². The number of hydrogen-bond donors (Lipinski definition) is 2. The molecule has 2 heterocycles. The van der Waals surface area contributed by atoms with Crippen LogP contribution in [0.3, 0.4) is 0 Å². The van der Waals surface area contributed by atoms with E-state index in [0.717, 1.165) is 31.9 Å². The number of halogens is 1. The molecule has 6 heteroatoms. The number of rotatable bonds is 5. The summed E-state index contributed by atoms with van der Waals surface area (Å²) in [5.41, 5.74) is 5.11. The molecule has 1 amide bonds. The standard InChI is InChI=1S/C24H29FN4O/c1-4-17(3)28-9-11-29(12-10-28)23-8-6-19(13-16(23)2)26-15-21-20-7-5-18(25)14-22(20)27-24(21)30/h5-8,13-15,17,26H,4,9-12H2,1-3H3,(H,27,30)/b21-15+. The Hall–Kier alpha value is -2.86. The summed E-state index contributed by atoms with van der Waals surface area (Å²) >= 11 is 0. The number of anilines is 3. The maximum atomic E-state index is 13.4. The summed E-state index contributed by atoms with van der Waals surface area (Å²) in [6, 6.07) is 11.3. The van der Waals surface area contributed by atoms with E-state index in [4.69, 9.17) is 0 Å². The smallest absolute Gasteiger partial charge is 0.257 e. The maximum absolute atomic E-state index is 13.4. The van der Waals surface area contributed by atoms with Gasteiger partial charge in [0.1, 0.15) is 5.82 Å². The van der Waals surface area contributed by atoms with Crippen molar-refractivity contribution >= 4 is 28.5 Å². The van der Waals surface area contributed by atoms with Crippen molar-refractivity contribution < 1.29 is 9.18 Å². The van der Waals surface area contributed by atoms with E-state index in [1.807, 2.05) is 6.07 Å². The van der Waals surface area contributed by atoms with Crippen molar-refractivity contribution in [3.63, 3.8) is 0 Å². The summed E-state index contributed by atoms with van der Waals surface area (Å²) in [5.74, 6) is -0.588. The quantitative estimate of drug-likeness (QED) is 0.717. The summed E-state index contributed by atoms with van der Waals surface area (Å²) in [6.07, 6.45) is 2.88. The highest BCUT2D eigenvalue weighted by molar-refractivity contribution is 6.31. The first-order chi connectivity index (χ1) is 14.5. The molecule has 1 unspecified atom stereocenters. The van der Waals surface area contributed by atoms with E-state index in [0.29, 0.717) is 22.9 Å². The van der Waals surface area contributed by atoms with Crippen molar-refractivity contribution in [2.75, 3.05) is 41.7 Å². The largest absolute Gasteiger partial charge is 0.369 e. The summed E-state index contributed by atoms with van der Waals surface area (Å²) in [6.45, 7) is 10.9. The molecule has 0 aliphatic carbocycles. The molecule has 0 bridgehead atoms. The first-order valence-electron chi connectivity index (χ1n) is 10.6. The molecule has 0 spiro atoms. The van der Waals surface area contributed by atoms with Crippen LogP contribution in [0.25, 0.3) is 5.57 Å². The Balaban J connectivity index is 1.45. The van der Waals surface area contributed by atoms with Crippen LogP contribution in [0.2, 0.25) is 0 Å². The fourth-order valence-corrected chi connectivity index (χ4v) is 4.23. The molecule has 30 heavy (non-hydrogen) atoms. The van der Waals surface area contributed by atoms with Crippen LogP contribution < -0.4 is 15.5 Å². The van der Waals surface area contributed by atoms with Gasteiger partial charge in [0.25, 0.3) is 5.91 Å². The van der Waals surface area contributed by atoms with Crippen molar-refractivity contribution in [3.05, 3.63) is 59.5 Å². The van der Waals surface area contributed by atoms with E-state index in [2.05, 4.69) is 53.3 Å². The molecule has 4 rings (SSSR count). The van der Waals surface area contributed by atoms with Gasteiger partial charge in [-0.3, -0.25) is 9.69 Å². The number of carbonyl (C=O) groups is 1. The van der Waals surface area contributed by atoms with Crippen LogP contribution in [-0.4, -0.2) is 43.0 Å². The average Bonchev–Trinajstić information content (AvgIpc) is 3.05. The number of hydrogen-bond acceptors (Lipinski definition) is 4. The molecule has 1 atom stereocenters. The summed E-state index contributed by atoms with van der Waals surface area (Å²) in [4.78, 5) is 17.2. The van der Waals surface area contributed by atoms with Crippen LogP contribution >= 0.6 is 0 Å². The van der Waals surface area contributed by atoms with Crippen LogP contribution in [0, 0.1) is 12.7 Å². The van der Waals surface area contributed by atoms with Gasteiger partial charge < -0.3 is 15.5 Å². The third-order valence-electron chi connectivity index (χ3n) is 6.21. The van der Waals surface area contributed by atoms with Gasteiger partial charge in [-0.15, -0.1) is 0 Å². The summed E-state index contributed by atoms with van der Waals surface area (Å²) in [5, 5.41) is 5.94. The highest BCUT2D eigenvalue weighted by atomic mass is 19.1. The fraction of sp³-hybridized carbons (Fsp3) is 0.375. The van der Waals surface area contributed by atoms with Crippen LogP contribution in [0.4, 0.5) is 21.5 Å². The van der Waals surface area contributed by atoms with E-state index >= 15 is 0 Å². The normalized spacial score (nSPS) is 19.0. The monoisotopic (exact) mass is 408 g/mol. The molecule has 2 aliphatic heterocycles. The third-order valence-corrected chi connectivity index (χ3v) is 6.21. The second-order valence-corrected chi connectivity index (χ2v) is 8.13. The number of amides is 1. The van der Waals surface area contributed by atoms with Crippen molar-refractivity contribution in [3.8, 4) is 0 Å². The first kappa shape index (κ1) is 20.4. The number of aryl methyl sites for hydroxylation is 1. The zero-order valence-corrected chi connectivity index (χ0v) is 17.8. The van der Waals surface area contributed by atoms with Gasteiger partial charge in [-0.1, -0.05) is 6.92 Å². The van der Waals surface area contributed by atoms with Gasteiger partial charge in [0.05, 0.1) is 11.3 Å². The predicted octanol–water partition coefficient (Wildman–Crippen LogP) is 4.46. The molecule has 1 saturated heterocycles. The molecular weight excluding hydrogens is 379 g/mol. The Kier molecular flexibility index (Phi) is 5.77. The zero-order chi connectivity index (χ0) is 21.3. The molecule has 1 fully saturated rings. The summed E-state index contributed by atoms with van der Waals surface area (Å²) < 4.78 is 13.4. The van der Waals surface area contributed by atoms with Crippen molar-refractivity contribution in [2.24, 2.45) is 0 Å². The van der Waals surface area contributed by atoms with Crippen LogP contribution in [-0.2, 0) is 4.79 Å². The number of benzene rings is 2. The van der Waals surface area contributed by atoms with E-state index in [1.54, 1.807) is 12.3 Å². The lowest BCUT2D eigenvalue weighted by atomic mass is 10.1. The van der Waals surface area contributed by atoms with E-state index in [1.165, 1.54) is 29.8 Å². The second-order valence-electron chi connectivity index (χ2n) is 8.13. The maximum Gasteiger partial charge on any atom is 0.257 e. The number of carbonyl (C=O) groups excluding carboxylic acids is 1. The lowest BCUT2D eigenvalue weighted by molar-refractivity contribution is -0.110. The lowest BCUT2D eigenvalue weighted by Gasteiger charge is -2.39. The Bertz CT molecular complexity index is 979. The van der Waals surface area contributed by atoms with E-state index in [-0.39, 0.29) is 11.7 Å². The van der Waals surface area contributed by atoms with Crippen LogP contribution in [0.1, 0.15) is 31.4 Å². The van der Waals surface area contributed by atoms with Gasteiger partial charge in [0, 0.05) is 55.4 Å². The molecule has 2 N–H and O–H groups in total. The SMILES string of the molecule is CCC(C)N1CCN(c2ccc(N/C=C3/C(=O)Nc4cc(F)ccc43)cc2C)CC1. The van der Waals surface area contributed by atoms with E-state index in [9.17, 15) is 9.18 Å². The predicted molar refractivity (Wildman–Crippen MR) is 121 cm³/mol. The molecular formula is C24H29FN4O. The van der Waals surface area contributed by atoms with E-state index < -0.39 is 0 Å². The molecule has 0 radical (unpaired) electrons. The Morgan fingerprint density at radius 3 is 2.63 bits per heavy atom. The molecule has 2 aromatic carbocycles. The molecule has 5 nitrogen and oxygen atoms in total. The highest BCUT2D eigenvalue weighted by Gasteiger charge is 2.24. The Morgan fingerprint density at radius 2 is 1.93 bits per heavy atom. The number of fused-ring (bicyclic) bond motifs is 1. The molecule has 0 aromatic heterocycles. The minimum absolute atomic E-state index is 0.226. The minimum Gasteiger partial charge on any atom is -0.369 e. The van der Waals surface area contributed by atoms with Gasteiger partial charge in [-0.05, 0) is 62.2 Å².